The Morgan fingerprint density at radius 1 is 1.26 bits per heavy atom. The first kappa shape index (κ1) is 13.5. The van der Waals surface area contributed by atoms with Crippen molar-refractivity contribution in [2.75, 3.05) is 5.43 Å². The molecule has 1 N–H and O–H groups in total. The maximum Gasteiger partial charge on any atom is 0.371 e. The molecule has 1 aromatic carbocycles. The Morgan fingerprint density at radius 2 is 1.89 bits per heavy atom. The van der Waals surface area contributed by atoms with Crippen LogP contribution in [0.25, 0.3) is 0 Å². The summed E-state index contributed by atoms with van der Waals surface area (Å²) in [6, 6.07) is 6.24. The van der Waals surface area contributed by atoms with Gasteiger partial charge in [0, 0.05) is 0 Å². The van der Waals surface area contributed by atoms with E-state index in [1.54, 1.807) is 39.0 Å². The Hall–Kier alpha value is -1.89. The number of carbonyl (C=O) groups is 1. The Labute approximate surface area is 111 Å². The van der Waals surface area contributed by atoms with Crippen molar-refractivity contribution in [1.82, 2.24) is 0 Å². The normalized spacial score (nSPS) is 16.9. The summed E-state index contributed by atoms with van der Waals surface area (Å²) in [5.41, 5.74) is 2.10. The van der Waals surface area contributed by atoms with Crippen LogP contribution in [0.3, 0.4) is 0 Å². The van der Waals surface area contributed by atoms with E-state index in [0.717, 1.165) is 0 Å². The van der Waals surface area contributed by atoms with E-state index in [-0.39, 0.29) is 4.90 Å². The van der Waals surface area contributed by atoms with E-state index >= 15 is 0 Å². The molecular formula is C12H14N2O4S. The molecule has 1 heterocycles. The second-order valence-corrected chi connectivity index (χ2v) is 6.86. The highest BCUT2D eigenvalue weighted by molar-refractivity contribution is 8.08. The van der Waals surface area contributed by atoms with E-state index in [2.05, 4.69) is 10.5 Å². The molecule has 0 aromatic heterocycles. The summed E-state index contributed by atoms with van der Waals surface area (Å²) in [5, 5.41) is 2.99. The number of anilines is 1. The number of nitrogens with zero attached hydrogens (tertiary/aromatic N) is 1. The van der Waals surface area contributed by atoms with Gasteiger partial charge in [0.2, 0.25) is 9.84 Å². The minimum atomic E-state index is -3.94. The van der Waals surface area contributed by atoms with Gasteiger partial charge in [0.05, 0.1) is 10.6 Å². The average molecular weight is 282 g/mol. The highest BCUT2D eigenvalue weighted by Crippen LogP contribution is 2.27. The molecule has 0 spiro atoms. The molecule has 0 aliphatic carbocycles. The largest absolute Gasteiger partial charge is 0.455 e. The lowest BCUT2D eigenvalue weighted by atomic mass is 10.2. The van der Waals surface area contributed by atoms with Gasteiger partial charge in [-0.3, -0.25) is 5.43 Å². The van der Waals surface area contributed by atoms with Crippen molar-refractivity contribution in [1.29, 1.82) is 0 Å². The van der Waals surface area contributed by atoms with E-state index in [1.165, 1.54) is 6.07 Å². The van der Waals surface area contributed by atoms with E-state index < -0.39 is 26.5 Å². The van der Waals surface area contributed by atoms with Crippen molar-refractivity contribution in [3.8, 4) is 0 Å². The minimum absolute atomic E-state index is 0.0193. The van der Waals surface area contributed by atoms with Crippen molar-refractivity contribution in [3.05, 3.63) is 24.3 Å². The van der Waals surface area contributed by atoms with Gasteiger partial charge in [-0.05, 0) is 32.9 Å². The Kier molecular flexibility index (Phi) is 3.09. The smallest absolute Gasteiger partial charge is 0.371 e. The van der Waals surface area contributed by atoms with E-state index in [9.17, 15) is 13.2 Å². The molecule has 1 aromatic rings. The molecule has 102 valence electrons. The predicted octanol–water partition coefficient (Wildman–Crippen LogP) is 1.54. The van der Waals surface area contributed by atoms with Crippen LogP contribution in [0.15, 0.2) is 34.3 Å². The van der Waals surface area contributed by atoms with Crippen LogP contribution in [0, 0.1) is 0 Å². The maximum absolute atomic E-state index is 12.3. The fraction of sp³-hybridized carbons (Fsp3) is 0.333. The van der Waals surface area contributed by atoms with Crippen molar-refractivity contribution >= 4 is 26.5 Å². The van der Waals surface area contributed by atoms with Gasteiger partial charge >= 0.3 is 5.97 Å². The van der Waals surface area contributed by atoms with Crippen LogP contribution in [0.5, 0.6) is 0 Å². The number of benzene rings is 1. The number of sulfone groups is 1. The van der Waals surface area contributed by atoms with Gasteiger partial charge < -0.3 is 4.74 Å². The first-order valence-corrected chi connectivity index (χ1v) is 7.11. The van der Waals surface area contributed by atoms with Crippen molar-refractivity contribution in [3.63, 3.8) is 0 Å². The molecule has 0 atom stereocenters. The zero-order chi connectivity index (χ0) is 14.3. The first-order chi connectivity index (χ1) is 8.72. The average Bonchev–Trinajstić information content (AvgIpc) is 2.26. The SMILES string of the molecule is CC(C)(C)OC(=O)C1=NNc2ccccc2S1(=O)=O. The fourth-order valence-corrected chi connectivity index (χ4v) is 2.84. The molecule has 1 aliphatic heterocycles. The van der Waals surface area contributed by atoms with Crippen molar-refractivity contribution in [2.45, 2.75) is 31.3 Å². The molecule has 0 fully saturated rings. The number of esters is 1. The second-order valence-electron chi connectivity index (χ2n) is 5.03. The van der Waals surface area contributed by atoms with Crippen LogP contribution in [-0.2, 0) is 19.4 Å². The quantitative estimate of drug-likeness (QED) is 0.790. The van der Waals surface area contributed by atoms with Crippen LogP contribution in [0.4, 0.5) is 5.69 Å². The molecule has 0 amide bonds. The van der Waals surface area contributed by atoms with Gasteiger partial charge in [-0.2, -0.15) is 5.10 Å². The topological polar surface area (TPSA) is 84.8 Å². The van der Waals surface area contributed by atoms with Gasteiger partial charge in [0.25, 0.3) is 5.04 Å². The summed E-state index contributed by atoms with van der Waals surface area (Å²) in [6.07, 6.45) is 0. The fourth-order valence-electron chi connectivity index (χ4n) is 1.55. The Balaban J connectivity index is 2.41. The van der Waals surface area contributed by atoms with Gasteiger partial charge in [0.1, 0.15) is 5.60 Å². The molecule has 7 heteroatoms. The Morgan fingerprint density at radius 3 is 2.53 bits per heavy atom. The zero-order valence-corrected chi connectivity index (χ0v) is 11.6. The number of hydrazone groups is 1. The Bertz CT molecular complexity index is 657. The van der Waals surface area contributed by atoms with Gasteiger partial charge in [-0.15, -0.1) is 0 Å². The predicted molar refractivity (Wildman–Crippen MR) is 70.5 cm³/mol. The molecule has 0 saturated carbocycles. The van der Waals surface area contributed by atoms with Crippen molar-refractivity contribution in [2.24, 2.45) is 5.10 Å². The lowest BCUT2D eigenvalue weighted by Gasteiger charge is -2.22. The number of hydrogen-bond acceptors (Lipinski definition) is 6. The van der Waals surface area contributed by atoms with Crippen LogP contribution < -0.4 is 5.43 Å². The van der Waals surface area contributed by atoms with Gasteiger partial charge in [-0.1, -0.05) is 12.1 Å². The van der Waals surface area contributed by atoms with Crippen LogP contribution >= 0.6 is 0 Å². The molecule has 0 bridgehead atoms. The summed E-state index contributed by atoms with van der Waals surface area (Å²) in [4.78, 5) is 11.9. The highest BCUT2D eigenvalue weighted by Gasteiger charge is 2.37. The number of fused-ring (bicyclic) bond motifs is 1. The third-order valence-corrected chi connectivity index (χ3v) is 3.98. The second kappa shape index (κ2) is 4.34. The van der Waals surface area contributed by atoms with Gasteiger partial charge in [0.15, 0.2) is 0 Å². The molecular weight excluding hydrogens is 268 g/mol. The number of nitrogens with one attached hydrogen (secondary N) is 1. The summed E-state index contributed by atoms with van der Waals surface area (Å²) in [5.74, 6) is -0.963. The third-order valence-electron chi connectivity index (χ3n) is 2.28. The maximum atomic E-state index is 12.3. The molecule has 2 rings (SSSR count). The number of carbonyl (C=O) groups excluding carboxylic acids is 1. The van der Waals surface area contributed by atoms with Gasteiger partial charge in [-0.25, -0.2) is 13.2 Å². The third kappa shape index (κ3) is 2.60. The molecule has 0 saturated heterocycles. The standard InChI is InChI=1S/C12H14N2O4S/c1-12(2,3)18-11(15)10-14-13-8-6-4-5-7-9(8)19(10,16)17/h4-7,13H,1-3H3. The zero-order valence-electron chi connectivity index (χ0n) is 10.8. The number of ether oxygens (including phenoxy) is 1. The van der Waals surface area contributed by atoms with E-state index in [1.807, 2.05) is 0 Å². The molecule has 19 heavy (non-hydrogen) atoms. The monoisotopic (exact) mass is 282 g/mol. The highest BCUT2D eigenvalue weighted by atomic mass is 32.2. The summed E-state index contributed by atoms with van der Waals surface area (Å²) in [6.45, 7) is 4.97. The van der Waals surface area contributed by atoms with Crippen LogP contribution in [0.2, 0.25) is 0 Å². The molecule has 1 aliphatic rings. The summed E-state index contributed by atoms with van der Waals surface area (Å²) in [7, 11) is -3.94. The number of para-hydroxylation sites is 1. The summed E-state index contributed by atoms with van der Waals surface area (Å²) < 4.78 is 29.6. The van der Waals surface area contributed by atoms with E-state index in [4.69, 9.17) is 4.74 Å². The van der Waals surface area contributed by atoms with Crippen molar-refractivity contribution < 1.29 is 17.9 Å². The van der Waals surface area contributed by atoms with Crippen LogP contribution in [-0.4, -0.2) is 25.0 Å². The lowest BCUT2D eigenvalue weighted by molar-refractivity contribution is -0.145. The number of rotatable bonds is 1. The lowest BCUT2D eigenvalue weighted by Crippen LogP contribution is -2.35. The molecule has 0 radical (unpaired) electrons. The van der Waals surface area contributed by atoms with E-state index in [0.29, 0.717) is 5.69 Å². The molecule has 0 unspecified atom stereocenters. The summed E-state index contributed by atoms with van der Waals surface area (Å²) >= 11 is 0. The minimum Gasteiger partial charge on any atom is -0.455 e. The van der Waals surface area contributed by atoms with Crippen LogP contribution in [0.1, 0.15) is 20.8 Å². The first-order valence-electron chi connectivity index (χ1n) is 5.63. The molecule has 6 nitrogen and oxygen atoms in total. The number of hydrogen-bond donors (Lipinski definition) is 1.